The molecule has 172 valence electrons. The fourth-order valence-electron chi connectivity index (χ4n) is 3.35. The number of methoxy groups -OCH3 is 3. The number of rotatable bonds is 7. The number of anilines is 1. The molecule has 0 radical (unpaired) electrons. The Morgan fingerprint density at radius 3 is 2.18 bits per heavy atom. The molecule has 0 atom stereocenters. The summed E-state index contributed by atoms with van der Waals surface area (Å²) in [5.41, 5.74) is 6.26. The third-order valence-electron chi connectivity index (χ3n) is 5.03. The number of benzene rings is 2. The standard InChI is InChI=1S/C24H26N4O5/c1-15-12-17(16(2)28(15)18-6-8-19(31-3)9-7-18)14-25-27-24(30)23(29)26-21-13-20(32-4)10-11-22(21)33-5/h6-14H,1-5H3,(H,26,29)(H,27,30)/b25-14-. The average Bonchev–Trinajstić information content (AvgIpc) is 3.11. The normalized spacial score (nSPS) is 10.7. The first kappa shape index (κ1) is 23.4. The molecule has 0 spiro atoms. The molecular weight excluding hydrogens is 424 g/mol. The summed E-state index contributed by atoms with van der Waals surface area (Å²) in [5, 5.41) is 6.44. The van der Waals surface area contributed by atoms with E-state index in [9.17, 15) is 9.59 Å². The van der Waals surface area contributed by atoms with Gasteiger partial charge in [-0.3, -0.25) is 9.59 Å². The Morgan fingerprint density at radius 2 is 1.55 bits per heavy atom. The quantitative estimate of drug-likeness (QED) is 0.327. The molecule has 9 nitrogen and oxygen atoms in total. The average molecular weight is 450 g/mol. The highest BCUT2D eigenvalue weighted by molar-refractivity contribution is 6.39. The van der Waals surface area contributed by atoms with Crippen LogP contribution in [0, 0.1) is 13.8 Å². The molecule has 0 fully saturated rings. The van der Waals surface area contributed by atoms with Gasteiger partial charge in [-0.15, -0.1) is 0 Å². The summed E-state index contributed by atoms with van der Waals surface area (Å²) >= 11 is 0. The van der Waals surface area contributed by atoms with Gasteiger partial charge in [-0.05, 0) is 56.3 Å². The lowest BCUT2D eigenvalue weighted by Gasteiger charge is -2.11. The Hall–Kier alpha value is -4.27. The van der Waals surface area contributed by atoms with E-state index in [2.05, 4.69) is 20.4 Å². The van der Waals surface area contributed by atoms with Gasteiger partial charge >= 0.3 is 11.8 Å². The third-order valence-corrected chi connectivity index (χ3v) is 5.03. The molecule has 1 heterocycles. The van der Waals surface area contributed by atoms with Gasteiger partial charge in [-0.25, -0.2) is 5.43 Å². The summed E-state index contributed by atoms with van der Waals surface area (Å²) in [6.45, 7) is 3.92. The van der Waals surface area contributed by atoms with E-state index < -0.39 is 11.8 Å². The second kappa shape index (κ2) is 10.4. The zero-order valence-corrected chi connectivity index (χ0v) is 19.1. The molecular formula is C24H26N4O5. The van der Waals surface area contributed by atoms with Crippen LogP contribution in [-0.4, -0.2) is 43.9 Å². The first-order valence-electron chi connectivity index (χ1n) is 10.1. The predicted molar refractivity (Wildman–Crippen MR) is 126 cm³/mol. The molecule has 0 aliphatic rings. The fraction of sp³-hybridized carbons (Fsp3) is 0.208. The molecule has 3 aromatic rings. The van der Waals surface area contributed by atoms with E-state index in [0.29, 0.717) is 17.2 Å². The zero-order valence-electron chi connectivity index (χ0n) is 19.1. The Labute approximate surface area is 192 Å². The van der Waals surface area contributed by atoms with E-state index in [0.717, 1.165) is 28.4 Å². The molecule has 2 amide bonds. The van der Waals surface area contributed by atoms with Crippen LogP contribution in [0.2, 0.25) is 0 Å². The summed E-state index contributed by atoms with van der Waals surface area (Å²) in [7, 11) is 4.59. The number of carbonyl (C=O) groups is 2. The summed E-state index contributed by atoms with van der Waals surface area (Å²) in [6.07, 6.45) is 1.50. The summed E-state index contributed by atoms with van der Waals surface area (Å²) in [4.78, 5) is 24.5. The minimum absolute atomic E-state index is 0.309. The molecule has 3 rings (SSSR count). The van der Waals surface area contributed by atoms with E-state index in [-0.39, 0.29) is 0 Å². The molecule has 0 unspecified atom stereocenters. The van der Waals surface area contributed by atoms with Crippen LogP contribution < -0.4 is 25.0 Å². The van der Waals surface area contributed by atoms with Gasteiger partial charge in [-0.1, -0.05) is 0 Å². The van der Waals surface area contributed by atoms with Crippen LogP contribution in [0.15, 0.2) is 53.6 Å². The van der Waals surface area contributed by atoms with Crippen LogP contribution in [0.3, 0.4) is 0 Å². The molecule has 0 saturated carbocycles. The molecule has 1 aromatic heterocycles. The number of nitrogens with zero attached hydrogens (tertiary/aromatic N) is 2. The van der Waals surface area contributed by atoms with Crippen molar-refractivity contribution >= 4 is 23.7 Å². The van der Waals surface area contributed by atoms with Crippen LogP contribution >= 0.6 is 0 Å². The Kier molecular flexibility index (Phi) is 7.34. The monoisotopic (exact) mass is 450 g/mol. The Bertz CT molecular complexity index is 1180. The lowest BCUT2D eigenvalue weighted by atomic mass is 10.2. The van der Waals surface area contributed by atoms with Gasteiger partial charge in [-0.2, -0.15) is 5.10 Å². The topological polar surface area (TPSA) is 103 Å². The third kappa shape index (κ3) is 5.32. The number of aromatic nitrogens is 1. The highest BCUT2D eigenvalue weighted by Crippen LogP contribution is 2.28. The Morgan fingerprint density at radius 1 is 0.879 bits per heavy atom. The second-order valence-corrected chi connectivity index (χ2v) is 7.08. The molecule has 2 aromatic carbocycles. The minimum atomic E-state index is -0.917. The largest absolute Gasteiger partial charge is 0.497 e. The number of amides is 2. The molecule has 9 heteroatoms. The van der Waals surface area contributed by atoms with Crippen molar-refractivity contribution in [3.05, 3.63) is 65.5 Å². The highest BCUT2D eigenvalue weighted by atomic mass is 16.5. The van der Waals surface area contributed by atoms with Crippen molar-refractivity contribution in [1.82, 2.24) is 9.99 Å². The highest BCUT2D eigenvalue weighted by Gasteiger charge is 2.16. The van der Waals surface area contributed by atoms with Gasteiger partial charge in [0.25, 0.3) is 0 Å². The minimum Gasteiger partial charge on any atom is -0.497 e. The molecule has 0 aliphatic carbocycles. The number of ether oxygens (including phenoxy) is 3. The van der Waals surface area contributed by atoms with Crippen LogP contribution in [0.1, 0.15) is 17.0 Å². The smallest absolute Gasteiger partial charge is 0.329 e. The number of aryl methyl sites for hydroxylation is 1. The first-order valence-corrected chi connectivity index (χ1v) is 10.1. The van der Waals surface area contributed by atoms with Crippen molar-refractivity contribution in [3.63, 3.8) is 0 Å². The molecule has 2 N–H and O–H groups in total. The van der Waals surface area contributed by atoms with Gasteiger partial charge in [0, 0.05) is 28.7 Å². The number of hydrazone groups is 1. The van der Waals surface area contributed by atoms with Crippen molar-refractivity contribution < 1.29 is 23.8 Å². The number of hydrogen-bond acceptors (Lipinski definition) is 6. The fourth-order valence-corrected chi connectivity index (χ4v) is 3.35. The number of nitrogens with one attached hydrogen (secondary N) is 2. The number of carbonyl (C=O) groups excluding carboxylic acids is 2. The van der Waals surface area contributed by atoms with Crippen molar-refractivity contribution in [2.75, 3.05) is 26.6 Å². The second-order valence-electron chi connectivity index (χ2n) is 7.08. The molecule has 0 saturated heterocycles. The number of hydrogen-bond donors (Lipinski definition) is 2. The van der Waals surface area contributed by atoms with Gasteiger partial charge in [0.1, 0.15) is 17.2 Å². The van der Waals surface area contributed by atoms with Crippen molar-refractivity contribution in [3.8, 4) is 22.9 Å². The van der Waals surface area contributed by atoms with Crippen LogP contribution in [0.25, 0.3) is 5.69 Å². The van der Waals surface area contributed by atoms with E-state index in [1.807, 2.05) is 44.2 Å². The summed E-state index contributed by atoms with van der Waals surface area (Å²) < 4.78 is 17.6. The van der Waals surface area contributed by atoms with E-state index >= 15 is 0 Å². The predicted octanol–water partition coefficient (Wildman–Crippen LogP) is 3.21. The van der Waals surface area contributed by atoms with Gasteiger partial charge < -0.3 is 24.1 Å². The lowest BCUT2D eigenvalue weighted by molar-refractivity contribution is -0.136. The van der Waals surface area contributed by atoms with E-state index in [1.54, 1.807) is 25.3 Å². The van der Waals surface area contributed by atoms with Gasteiger partial charge in [0.05, 0.1) is 33.2 Å². The van der Waals surface area contributed by atoms with E-state index in [1.165, 1.54) is 20.4 Å². The van der Waals surface area contributed by atoms with Crippen LogP contribution in [0.5, 0.6) is 17.2 Å². The summed E-state index contributed by atoms with van der Waals surface area (Å²) in [6, 6.07) is 14.5. The van der Waals surface area contributed by atoms with Gasteiger partial charge in [0.15, 0.2) is 0 Å². The molecule has 33 heavy (non-hydrogen) atoms. The lowest BCUT2D eigenvalue weighted by Crippen LogP contribution is -2.32. The first-order chi connectivity index (χ1) is 15.9. The van der Waals surface area contributed by atoms with E-state index in [4.69, 9.17) is 14.2 Å². The SMILES string of the molecule is COc1ccc(-n2c(C)cc(/C=N\NC(=O)C(=O)Nc3cc(OC)ccc3OC)c2C)cc1. The van der Waals surface area contributed by atoms with Gasteiger partial charge in [0.2, 0.25) is 0 Å². The zero-order chi connectivity index (χ0) is 24.0. The van der Waals surface area contributed by atoms with Crippen molar-refractivity contribution in [2.24, 2.45) is 5.10 Å². The summed E-state index contributed by atoms with van der Waals surface area (Å²) in [5.74, 6) is -0.124. The molecule has 0 aliphatic heterocycles. The molecule has 0 bridgehead atoms. The van der Waals surface area contributed by atoms with Crippen LogP contribution in [-0.2, 0) is 9.59 Å². The maximum absolute atomic E-state index is 12.3. The maximum atomic E-state index is 12.3. The van der Waals surface area contributed by atoms with Crippen molar-refractivity contribution in [2.45, 2.75) is 13.8 Å². The maximum Gasteiger partial charge on any atom is 0.329 e. The van der Waals surface area contributed by atoms with Crippen molar-refractivity contribution in [1.29, 1.82) is 0 Å². The van der Waals surface area contributed by atoms with Crippen LogP contribution in [0.4, 0.5) is 5.69 Å². The Balaban J connectivity index is 1.69.